The van der Waals surface area contributed by atoms with Gasteiger partial charge in [0.15, 0.2) is 0 Å². The molecule has 0 bridgehead atoms. The van der Waals surface area contributed by atoms with E-state index in [0.717, 1.165) is 12.8 Å². The van der Waals surface area contributed by atoms with Crippen molar-refractivity contribution in [3.8, 4) is 0 Å². The van der Waals surface area contributed by atoms with E-state index in [-0.39, 0.29) is 11.8 Å². The molecule has 1 aromatic carbocycles. The van der Waals surface area contributed by atoms with Gasteiger partial charge in [0.1, 0.15) is 0 Å². The Labute approximate surface area is 121 Å². The van der Waals surface area contributed by atoms with Gasteiger partial charge in [0.2, 0.25) is 5.91 Å². The highest BCUT2D eigenvalue weighted by molar-refractivity contribution is 5.96. The molecule has 2 N–H and O–H groups in total. The number of hydrogen-bond acceptors (Lipinski definition) is 2. The molecule has 0 aliphatic carbocycles. The SMILES string of the molecule is CC(=O)Nc1cccc(C(=O)NCCCCC(C)C)c1. The van der Waals surface area contributed by atoms with Crippen LogP contribution in [0.25, 0.3) is 0 Å². The van der Waals surface area contributed by atoms with Gasteiger partial charge in [-0.1, -0.05) is 32.8 Å². The number of benzene rings is 1. The molecule has 110 valence electrons. The second-order valence-corrected chi connectivity index (χ2v) is 5.41. The Morgan fingerprint density at radius 3 is 2.60 bits per heavy atom. The molecule has 0 aliphatic heterocycles. The average Bonchev–Trinajstić information content (AvgIpc) is 2.37. The third kappa shape index (κ3) is 6.36. The largest absolute Gasteiger partial charge is 0.352 e. The predicted octanol–water partition coefficient (Wildman–Crippen LogP) is 3.20. The fourth-order valence-corrected chi connectivity index (χ4v) is 1.92. The number of anilines is 1. The molecule has 1 rings (SSSR count). The Bertz CT molecular complexity index is 456. The van der Waals surface area contributed by atoms with E-state index in [2.05, 4.69) is 24.5 Å². The summed E-state index contributed by atoms with van der Waals surface area (Å²) in [6.07, 6.45) is 3.31. The first-order valence-electron chi connectivity index (χ1n) is 7.15. The summed E-state index contributed by atoms with van der Waals surface area (Å²) in [6.45, 7) is 6.54. The summed E-state index contributed by atoms with van der Waals surface area (Å²) < 4.78 is 0. The van der Waals surface area contributed by atoms with E-state index in [1.54, 1.807) is 24.3 Å². The van der Waals surface area contributed by atoms with Crippen molar-refractivity contribution in [2.75, 3.05) is 11.9 Å². The van der Waals surface area contributed by atoms with E-state index in [0.29, 0.717) is 23.7 Å². The number of carbonyl (C=O) groups excluding carboxylic acids is 2. The molecule has 0 saturated heterocycles. The van der Waals surface area contributed by atoms with E-state index >= 15 is 0 Å². The van der Waals surface area contributed by atoms with Gasteiger partial charge < -0.3 is 10.6 Å². The molecular weight excluding hydrogens is 252 g/mol. The predicted molar refractivity (Wildman–Crippen MR) is 81.8 cm³/mol. The maximum atomic E-state index is 12.0. The van der Waals surface area contributed by atoms with Crippen LogP contribution in [0.1, 0.15) is 50.4 Å². The Morgan fingerprint density at radius 1 is 1.20 bits per heavy atom. The zero-order valence-corrected chi connectivity index (χ0v) is 12.5. The summed E-state index contributed by atoms with van der Waals surface area (Å²) in [7, 11) is 0. The topological polar surface area (TPSA) is 58.2 Å². The lowest BCUT2D eigenvalue weighted by atomic mass is 10.1. The highest BCUT2D eigenvalue weighted by atomic mass is 16.2. The summed E-state index contributed by atoms with van der Waals surface area (Å²) in [4.78, 5) is 22.9. The molecule has 20 heavy (non-hydrogen) atoms. The van der Waals surface area contributed by atoms with E-state index < -0.39 is 0 Å². The fourth-order valence-electron chi connectivity index (χ4n) is 1.92. The number of hydrogen-bond donors (Lipinski definition) is 2. The van der Waals surface area contributed by atoms with Crippen LogP contribution < -0.4 is 10.6 Å². The number of rotatable bonds is 7. The normalized spacial score (nSPS) is 10.4. The van der Waals surface area contributed by atoms with Crippen LogP contribution in [0.5, 0.6) is 0 Å². The minimum Gasteiger partial charge on any atom is -0.352 e. The molecule has 0 aliphatic rings. The molecule has 1 aromatic rings. The maximum Gasteiger partial charge on any atom is 0.251 e. The van der Waals surface area contributed by atoms with Crippen LogP contribution in [0.4, 0.5) is 5.69 Å². The summed E-state index contributed by atoms with van der Waals surface area (Å²) in [6, 6.07) is 6.96. The number of unbranched alkanes of at least 4 members (excludes halogenated alkanes) is 1. The molecule has 0 heterocycles. The molecular formula is C16H24N2O2. The lowest BCUT2D eigenvalue weighted by molar-refractivity contribution is -0.114. The molecule has 0 atom stereocenters. The highest BCUT2D eigenvalue weighted by Gasteiger charge is 2.06. The Hall–Kier alpha value is -1.84. The Morgan fingerprint density at radius 2 is 1.95 bits per heavy atom. The molecule has 0 aromatic heterocycles. The van der Waals surface area contributed by atoms with Crippen molar-refractivity contribution in [1.82, 2.24) is 5.32 Å². The molecule has 0 spiro atoms. The van der Waals surface area contributed by atoms with E-state index in [1.807, 2.05) is 0 Å². The van der Waals surface area contributed by atoms with Crippen molar-refractivity contribution in [2.24, 2.45) is 5.92 Å². The first kappa shape index (κ1) is 16.2. The number of amides is 2. The number of nitrogens with one attached hydrogen (secondary N) is 2. The standard InChI is InChI=1S/C16H24N2O2/c1-12(2)7-4-5-10-17-16(20)14-8-6-9-15(11-14)18-13(3)19/h6,8-9,11-12H,4-5,7,10H2,1-3H3,(H,17,20)(H,18,19). The minimum atomic E-state index is -0.142. The van der Waals surface area contributed by atoms with Crippen molar-refractivity contribution >= 4 is 17.5 Å². The summed E-state index contributed by atoms with van der Waals surface area (Å²) >= 11 is 0. The van der Waals surface area contributed by atoms with Crippen LogP contribution in [0.15, 0.2) is 24.3 Å². The van der Waals surface area contributed by atoms with Crippen LogP contribution in [0.2, 0.25) is 0 Å². The van der Waals surface area contributed by atoms with Crippen LogP contribution in [0.3, 0.4) is 0 Å². The summed E-state index contributed by atoms with van der Waals surface area (Å²) in [5, 5.41) is 5.57. The Kier molecular flexibility index (Phi) is 6.77. The zero-order chi connectivity index (χ0) is 15.0. The molecule has 2 amide bonds. The first-order valence-corrected chi connectivity index (χ1v) is 7.15. The quantitative estimate of drug-likeness (QED) is 0.751. The highest BCUT2D eigenvalue weighted by Crippen LogP contribution is 2.11. The van der Waals surface area contributed by atoms with Gasteiger partial charge in [0, 0.05) is 24.7 Å². The van der Waals surface area contributed by atoms with Gasteiger partial charge in [-0.15, -0.1) is 0 Å². The average molecular weight is 276 g/mol. The first-order chi connectivity index (χ1) is 9.49. The smallest absolute Gasteiger partial charge is 0.251 e. The molecule has 4 nitrogen and oxygen atoms in total. The Balaban J connectivity index is 2.41. The molecule has 0 unspecified atom stereocenters. The van der Waals surface area contributed by atoms with E-state index in [9.17, 15) is 9.59 Å². The van der Waals surface area contributed by atoms with Crippen LogP contribution in [0, 0.1) is 5.92 Å². The number of carbonyl (C=O) groups is 2. The van der Waals surface area contributed by atoms with Gasteiger partial charge in [0.05, 0.1) is 0 Å². The second-order valence-electron chi connectivity index (χ2n) is 5.41. The van der Waals surface area contributed by atoms with Gasteiger partial charge >= 0.3 is 0 Å². The van der Waals surface area contributed by atoms with Gasteiger partial charge in [-0.3, -0.25) is 9.59 Å². The molecule has 0 fully saturated rings. The van der Waals surface area contributed by atoms with Crippen LogP contribution in [-0.4, -0.2) is 18.4 Å². The molecule has 0 radical (unpaired) electrons. The second kappa shape index (κ2) is 8.35. The summed E-state index contributed by atoms with van der Waals surface area (Å²) in [5.74, 6) is 0.470. The van der Waals surface area contributed by atoms with Crippen molar-refractivity contribution in [2.45, 2.75) is 40.0 Å². The third-order valence-corrected chi connectivity index (χ3v) is 2.94. The van der Waals surface area contributed by atoms with E-state index in [4.69, 9.17) is 0 Å². The monoisotopic (exact) mass is 276 g/mol. The van der Waals surface area contributed by atoms with E-state index in [1.165, 1.54) is 13.3 Å². The molecule has 0 saturated carbocycles. The van der Waals surface area contributed by atoms with Crippen LogP contribution in [-0.2, 0) is 4.79 Å². The van der Waals surface area contributed by atoms with Crippen molar-refractivity contribution in [1.29, 1.82) is 0 Å². The van der Waals surface area contributed by atoms with Crippen LogP contribution >= 0.6 is 0 Å². The van der Waals surface area contributed by atoms with Crippen molar-refractivity contribution in [3.63, 3.8) is 0 Å². The van der Waals surface area contributed by atoms with Gasteiger partial charge in [0.25, 0.3) is 5.91 Å². The fraction of sp³-hybridized carbons (Fsp3) is 0.500. The minimum absolute atomic E-state index is 0.0956. The molecule has 4 heteroatoms. The van der Waals surface area contributed by atoms with Gasteiger partial charge in [-0.2, -0.15) is 0 Å². The lowest BCUT2D eigenvalue weighted by Gasteiger charge is -2.08. The third-order valence-electron chi connectivity index (χ3n) is 2.94. The summed E-state index contributed by atoms with van der Waals surface area (Å²) in [5.41, 5.74) is 1.21. The van der Waals surface area contributed by atoms with Crippen molar-refractivity contribution in [3.05, 3.63) is 29.8 Å². The van der Waals surface area contributed by atoms with Crippen molar-refractivity contribution < 1.29 is 9.59 Å². The van der Waals surface area contributed by atoms with Gasteiger partial charge in [-0.05, 0) is 30.5 Å². The maximum absolute atomic E-state index is 12.0. The van der Waals surface area contributed by atoms with Gasteiger partial charge in [-0.25, -0.2) is 0 Å². The zero-order valence-electron chi connectivity index (χ0n) is 12.5. The lowest BCUT2D eigenvalue weighted by Crippen LogP contribution is -2.24.